The van der Waals surface area contributed by atoms with E-state index in [0.29, 0.717) is 0 Å². The van der Waals surface area contributed by atoms with E-state index in [-0.39, 0.29) is 0 Å². The van der Waals surface area contributed by atoms with E-state index in [1.807, 2.05) is 0 Å². The summed E-state index contributed by atoms with van der Waals surface area (Å²) in [6.45, 7) is 7.09. The molecule has 26 heavy (non-hydrogen) atoms. The lowest BCUT2D eigenvalue weighted by Crippen LogP contribution is -1.95. The maximum Gasteiger partial charge on any atom is -0.0443 e. The molecule has 0 N–H and O–H groups in total. The number of rotatable bonds is 22. The van der Waals surface area contributed by atoms with Crippen LogP contribution in [0.4, 0.5) is 0 Å². The molecule has 0 fully saturated rings. The van der Waals surface area contributed by atoms with E-state index in [9.17, 15) is 0 Å². The van der Waals surface area contributed by atoms with Gasteiger partial charge in [0.05, 0.1) is 0 Å². The highest BCUT2D eigenvalue weighted by Crippen LogP contribution is 2.19. The van der Waals surface area contributed by atoms with Gasteiger partial charge in [0.1, 0.15) is 0 Å². The zero-order valence-electron chi connectivity index (χ0n) is 19.1. The second-order valence-corrected chi connectivity index (χ2v) is 9.05. The number of unbranched alkanes of at least 4 members (excludes halogenated alkanes) is 18. The molecule has 0 amide bonds. The maximum absolute atomic E-state index is 2.48. The van der Waals surface area contributed by atoms with Crippen molar-refractivity contribution in [2.45, 2.75) is 162 Å². The largest absolute Gasteiger partial charge is 0.0654 e. The summed E-state index contributed by atoms with van der Waals surface area (Å²) in [5.74, 6) is 0.971. The average molecular weight is 367 g/mol. The molecule has 0 aliphatic carbocycles. The molecule has 0 aromatic carbocycles. The van der Waals surface area contributed by atoms with E-state index >= 15 is 0 Å². The molecule has 0 nitrogen and oxygen atoms in total. The quantitative estimate of drug-likeness (QED) is 0.167. The van der Waals surface area contributed by atoms with E-state index in [4.69, 9.17) is 0 Å². The molecule has 0 aliphatic rings. The van der Waals surface area contributed by atoms with E-state index in [0.717, 1.165) is 5.92 Å². The van der Waals surface area contributed by atoms with Crippen LogP contribution >= 0.6 is 0 Å². The van der Waals surface area contributed by atoms with Crippen LogP contribution in [0.15, 0.2) is 0 Å². The maximum atomic E-state index is 2.48. The van der Waals surface area contributed by atoms with E-state index in [2.05, 4.69) is 20.8 Å². The fraction of sp³-hybridized carbons (Fsp3) is 1.00. The third-order valence-corrected chi connectivity index (χ3v) is 6.10. The topological polar surface area (TPSA) is 0 Å². The van der Waals surface area contributed by atoms with Gasteiger partial charge in [-0.2, -0.15) is 0 Å². The first-order valence-electron chi connectivity index (χ1n) is 12.8. The monoisotopic (exact) mass is 366 g/mol. The molecule has 0 heteroatoms. The Balaban J connectivity index is 3.09. The van der Waals surface area contributed by atoms with Gasteiger partial charge in [-0.05, 0) is 5.92 Å². The Morgan fingerprint density at radius 2 is 0.577 bits per heavy atom. The van der Waals surface area contributed by atoms with Crippen molar-refractivity contribution < 1.29 is 0 Å². The third kappa shape index (κ3) is 22.0. The molecule has 0 saturated heterocycles. The van der Waals surface area contributed by atoms with Gasteiger partial charge in [0.25, 0.3) is 0 Å². The Hall–Kier alpha value is 0. The van der Waals surface area contributed by atoms with Crippen LogP contribution < -0.4 is 0 Å². The summed E-state index contributed by atoms with van der Waals surface area (Å²) in [5, 5.41) is 0. The predicted octanol–water partition coefficient (Wildman–Crippen LogP) is 10.2. The summed E-state index contributed by atoms with van der Waals surface area (Å²) in [6, 6.07) is 0. The lowest BCUT2D eigenvalue weighted by molar-refractivity contribution is 0.430. The summed E-state index contributed by atoms with van der Waals surface area (Å²) in [6.07, 6.45) is 32.3. The van der Waals surface area contributed by atoms with Crippen LogP contribution in [-0.4, -0.2) is 0 Å². The van der Waals surface area contributed by atoms with Gasteiger partial charge in [0, 0.05) is 0 Å². The Kier molecular flexibility index (Phi) is 23.0. The molecule has 0 rings (SSSR count). The molecular weight excluding hydrogens is 312 g/mol. The van der Waals surface area contributed by atoms with Crippen molar-refractivity contribution in [2.75, 3.05) is 0 Å². The molecule has 0 bridgehead atoms. The SMILES string of the molecule is CCCCCCCCCCCCCCCCC(C)CCCCCCCC. The Morgan fingerprint density at radius 3 is 0.846 bits per heavy atom. The first-order valence-corrected chi connectivity index (χ1v) is 12.8. The smallest absolute Gasteiger partial charge is 0.0443 e. The fourth-order valence-electron chi connectivity index (χ4n) is 4.10. The van der Waals surface area contributed by atoms with Gasteiger partial charge in [-0.25, -0.2) is 0 Å². The molecule has 0 radical (unpaired) electrons. The number of hydrogen-bond donors (Lipinski definition) is 0. The summed E-state index contributed by atoms with van der Waals surface area (Å²) in [4.78, 5) is 0. The lowest BCUT2D eigenvalue weighted by atomic mass is 9.96. The molecule has 0 aromatic heterocycles. The van der Waals surface area contributed by atoms with Gasteiger partial charge in [-0.3, -0.25) is 0 Å². The lowest BCUT2D eigenvalue weighted by Gasteiger charge is -2.11. The Labute approximate surface area is 168 Å². The zero-order chi connectivity index (χ0) is 19.1. The molecule has 1 unspecified atom stereocenters. The van der Waals surface area contributed by atoms with E-state index in [1.165, 1.54) is 141 Å². The van der Waals surface area contributed by atoms with Crippen molar-refractivity contribution in [3.63, 3.8) is 0 Å². The van der Waals surface area contributed by atoms with Crippen molar-refractivity contribution in [2.24, 2.45) is 5.92 Å². The molecule has 0 saturated carbocycles. The Bertz CT molecular complexity index is 232. The van der Waals surface area contributed by atoms with Crippen LogP contribution in [0, 0.1) is 5.92 Å². The highest BCUT2D eigenvalue weighted by Gasteiger charge is 2.02. The van der Waals surface area contributed by atoms with Crippen LogP contribution in [0.5, 0.6) is 0 Å². The van der Waals surface area contributed by atoms with Gasteiger partial charge >= 0.3 is 0 Å². The highest BCUT2D eigenvalue weighted by molar-refractivity contribution is 4.56. The van der Waals surface area contributed by atoms with Gasteiger partial charge < -0.3 is 0 Å². The predicted molar refractivity (Wildman–Crippen MR) is 122 cm³/mol. The summed E-state index contributed by atoms with van der Waals surface area (Å²) >= 11 is 0. The van der Waals surface area contributed by atoms with Crippen molar-refractivity contribution >= 4 is 0 Å². The zero-order valence-corrected chi connectivity index (χ0v) is 19.1. The summed E-state index contributed by atoms with van der Waals surface area (Å²) in [5.41, 5.74) is 0. The van der Waals surface area contributed by atoms with Gasteiger partial charge in [-0.1, -0.05) is 162 Å². The van der Waals surface area contributed by atoms with Crippen LogP contribution in [0.25, 0.3) is 0 Å². The molecule has 1 atom stereocenters. The van der Waals surface area contributed by atoms with E-state index in [1.54, 1.807) is 0 Å². The summed E-state index contributed by atoms with van der Waals surface area (Å²) in [7, 11) is 0. The van der Waals surface area contributed by atoms with Crippen LogP contribution in [0.2, 0.25) is 0 Å². The first-order chi connectivity index (χ1) is 12.8. The minimum atomic E-state index is 0.971. The second kappa shape index (κ2) is 23.0. The molecule has 0 aliphatic heterocycles. The number of hydrogen-bond acceptors (Lipinski definition) is 0. The minimum absolute atomic E-state index is 0.971. The minimum Gasteiger partial charge on any atom is -0.0654 e. The summed E-state index contributed by atoms with van der Waals surface area (Å²) < 4.78 is 0. The second-order valence-electron chi connectivity index (χ2n) is 9.05. The van der Waals surface area contributed by atoms with Gasteiger partial charge in [-0.15, -0.1) is 0 Å². The van der Waals surface area contributed by atoms with Gasteiger partial charge in [0.2, 0.25) is 0 Å². The van der Waals surface area contributed by atoms with Crippen molar-refractivity contribution in [1.29, 1.82) is 0 Å². The average Bonchev–Trinajstić information content (AvgIpc) is 2.65. The van der Waals surface area contributed by atoms with Crippen LogP contribution in [-0.2, 0) is 0 Å². The normalized spacial score (nSPS) is 12.6. The molecular formula is C26H54. The third-order valence-electron chi connectivity index (χ3n) is 6.10. The van der Waals surface area contributed by atoms with Crippen LogP contribution in [0.1, 0.15) is 162 Å². The van der Waals surface area contributed by atoms with Crippen molar-refractivity contribution in [1.82, 2.24) is 0 Å². The first kappa shape index (κ1) is 26.0. The fourth-order valence-corrected chi connectivity index (χ4v) is 4.10. The van der Waals surface area contributed by atoms with Crippen LogP contribution in [0.3, 0.4) is 0 Å². The molecule has 0 spiro atoms. The Morgan fingerprint density at radius 1 is 0.346 bits per heavy atom. The van der Waals surface area contributed by atoms with Crippen molar-refractivity contribution in [3.8, 4) is 0 Å². The molecule has 158 valence electrons. The van der Waals surface area contributed by atoms with Crippen molar-refractivity contribution in [3.05, 3.63) is 0 Å². The standard InChI is InChI=1S/C26H54/c1-4-6-8-10-12-13-14-15-16-17-18-19-21-23-25-26(3)24-22-20-11-9-7-5-2/h26H,4-25H2,1-3H3. The molecule has 0 aromatic rings. The van der Waals surface area contributed by atoms with E-state index < -0.39 is 0 Å². The highest BCUT2D eigenvalue weighted by atomic mass is 14.1. The van der Waals surface area contributed by atoms with Gasteiger partial charge in [0.15, 0.2) is 0 Å². The molecule has 0 heterocycles.